The van der Waals surface area contributed by atoms with E-state index in [1.165, 1.54) is 0 Å². The van der Waals surface area contributed by atoms with Crippen LogP contribution in [0.25, 0.3) is 0 Å². The molecule has 0 saturated carbocycles. The smallest absolute Gasteiger partial charge is 0.133 e. The normalized spacial score (nSPS) is 12.0. The Morgan fingerprint density at radius 1 is 1.31 bits per heavy atom. The molecular weight excluding hydrogens is 272 g/mol. The molecule has 0 aliphatic carbocycles. The highest BCUT2D eigenvalue weighted by atomic mass is 79.9. The zero-order chi connectivity index (χ0) is 12.1. The molecule has 1 rings (SSSR count). The second-order valence-corrected chi connectivity index (χ2v) is 4.29. The number of aldehydes is 1. The van der Waals surface area contributed by atoms with Gasteiger partial charge < -0.3 is 14.3 Å². The molecular formula is C12H15BrO3. The van der Waals surface area contributed by atoms with Crippen LogP contribution in [0.2, 0.25) is 0 Å². The maximum Gasteiger partial charge on any atom is 0.133 e. The second-order valence-electron chi connectivity index (χ2n) is 3.50. The van der Waals surface area contributed by atoms with Crippen molar-refractivity contribution in [1.82, 2.24) is 0 Å². The van der Waals surface area contributed by atoms with Gasteiger partial charge in [-0.15, -0.1) is 0 Å². The molecule has 0 bridgehead atoms. The highest BCUT2D eigenvalue weighted by Gasteiger charge is 2.18. The summed E-state index contributed by atoms with van der Waals surface area (Å²) in [7, 11) is 3.23. The number of hydrogen-bond acceptors (Lipinski definition) is 3. The Labute approximate surface area is 104 Å². The van der Waals surface area contributed by atoms with Crippen LogP contribution >= 0.6 is 15.9 Å². The van der Waals surface area contributed by atoms with Gasteiger partial charge in [-0.2, -0.15) is 0 Å². The van der Waals surface area contributed by atoms with E-state index < -0.39 is 0 Å². The van der Waals surface area contributed by atoms with Crippen molar-refractivity contribution in [2.24, 2.45) is 0 Å². The van der Waals surface area contributed by atoms with Gasteiger partial charge >= 0.3 is 0 Å². The zero-order valence-corrected chi connectivity index (χ0v) is 11.2. The third-order valence-corrected chi connectivity index (χ3v) is 3.30. The Morgan fingerprint density at radius 3 is 2.38 bits per heavy atom. The van der Waals surface area contributed by atoms with Crippen LogP contribution in [0, 0.1) is 0 Å². The van der Waals surface area contributed by atoms with Gasteiger partial charge in [0, 0.05) is 12.0 Å². The van der Waals surface area contributed by atoms with Crippen LogP contribution in [-0.4, -0.2) is 20.5 Å². The lowest BCUT2D eigenvalue weighted by Crippen LogP contribution is -2.01. The molecule has 0 aliphatic rings. The topological polar surface area (TPSA) is 35.5 Å². The first-order valence-corrected chi connectivity index (χ1v) is 5.79. The summed E-state index contributed by atoms with van der Waals surface area (Å²) in [5.41, 5.74) is 0.967. The first-order chi connectivity index (χ1) is 7.65. The first kappa shape index (κ1) is 13.0. The Kier molecular flexibility index (Phi) is 4.80. The minimum absolute atomic E-state index is 0.0944. The van der Waals surface area contributed by atoms with Gasteiger partial charge in [0.15, 0.2) is 0 Å². The van der Waals surface area contributed by atoms with E-state index in [9.17, 15) is 4.79 Å². The van der Waals surface area contributed by atoms with Crippen molar-refractivity contribution in [3.63, 3.8) is 0 Å². The molecule has 4 heteroatoms. The molecule has 88 valence electrons. The number of benzene rings is 1. The number of methoxy groups -OCH3 is 2. The molecule has 1 unspecified atom stereocenters. The van der Waals surface area contributed by atoms with Crippen LogP contribution in [0.4, 0.5) is 0 Å². The summed E-state index contributed by atoms with van der Waals surface area (Å²) in [5, 5.41) is 0. The van der Waals surface area contributed by atoms with Crippen molar-refractivity contribution in [3.8, 4) is 11.5 Å². The minimum atomic E-state index is 0.0944. The largest absolute Gasteiger partial charge is 0.496 e. The molecule has 3 nitrogen and oxygen atoms in total. The highest BCUT2D eigenvalue weighted by molar-refractivity contribution is 9.10. The average molecular weight is 287 g/mol. The van der Waals surface area contributed by atoms with E-state index in [4.69, 9.17) is 9.47 Å². The Balaban J connectivity index is 3.25. The van der Waals surface area contributed by atoms with Gasteiger partial charge in [-0.3, -0.25) is 0 Å². The standard InChI is InChI=1S/C12H15BrO3/c1-8(6-7-14)11-9(15-2)4-5-10(16-3)12(11)13/h4-5,7-8H,6H2,1-3H3. The van der Waals surface area contributed by atoms with Crippen LogP contribution in [0.15, 0.2) is 16.6 Å². The van der Waals surface area contributed by atoms with Gasteiger partial charge in [-0.05, 0) is 34.0 Å². The average Bonchev–Trinajstić information content (AvgIpc) is 2.28. The fourth-order valence-electron chi connectivity index (χ4n) is 1.61. The molecule has 0 saturated heterocycles. The predicted molar refractivity (Wildman–Crippen MR) is 66.3 cm³/mol. The molecule has 0 fully saturated rings. The molecule has 0 aliphatic heterocycles. The molecule has 0 radical (unpaired) electrons. The summed E-state index contributed by atoms with van der Waals surface area (Å²) in [4.78, 5) is 10.6. The van der Waals surface area contributed by atoms with Crippen molar-refractivity contribution in [3.05, 3.63) is 22.2 Å². The summed E-state index contributed by atoms with van der Waals surface area (Å²) < 4.78 is 11.4. The third kappa shape index (κ3) is 2.55. The summed E-state index contributed by atoms with van der Waals surface area (Å²) in [6, 6.07) is 3.68. The molecule has 0 N–H and O–H groups in total. The van der Waals surface area contributed by atoms with E-state index in [0.29, 0.717) is 6.42 Å². The third-order valence-electron chi connectivity index (χ3n) is 2.49. The molecule has 1 aromatic rings. The van der Waals surface area contributed by atoms with E-state index in [1.54, 1.807) is 14.2 Å². The van der Waals surface area contributed by atoms with E-state index in [0.717, 1.165) is 27.8 Å². The fourth-order valence-corrected chi connectivity index (χ4v) is 2.49. The van der Waals surface area contributed by atoms with Gasteiger partial charge in [-0.1, -0.05) is 6.92 Å². The minimum Gasteiger partial charge on any atom is -0.496 e. The number of halogens is 1. The van der Waals surface area contributed by atoms with Crippen molar-refractivity contribution in [1.29, 1.82) is 0 Å². The van der Waals surface area contributed by atoms with Gasteiger partial charge in [-0.25, -0.2) is 0 Å². The summed E-state index contributed by atoms with van der Waals surface area (Å²) in [6.07, 6.45) is 1.37. The Bertz CT molecular complexity index is 377. The maximum absolute atomic E-state index is 10.6. The van der Waals surface area contributed by atoms with Gasteiger partial charge in [0.25, 0.3) is 0 Å². The molecule has 1 atom stereocenters. The molecule has 16 heavy (non-hydrogen) atoms. The lowest BCUT2D eigenvalue weighted by Gasteiger charge is -2.17. The van der Waals surface area contributed by atoms with Crippen LogP contribution in [0.1, 0.15) is 24.8 Å². The molecule has 0 amide bonds. The van der Waals surface area contributed by atoms with Crippen LogP contribution in [0.3, 0.4) is 0 Å². The van der Waals surface area contributed by atoms with Crippen molar-refractivity contribution >= 4 is 22.2 Å². The van der Waals surface area contributed by atoms with Gasteiger partial charge in [0.1, 0.15) is 17.8 Å². The summed E-state index contributed by atoms with van der Waals surface area (Å²) in [5.74, 6) is 1.60. The fraction of sp³-hybridized carbons (Fsp3) is 0.417. The number of rotatable bonds is 5. The summed E-state index contributed by atoms with van der Waals surface area (Å²) >= 11 is 3.48. The van der Waals surface area contributed by atoms with Gasteiger partial charge in [0.05, 0.1) is 18.7 Å². The predicted octanol–water partition coefficient (Wildman–Crippen LogP) is 3.16. The number of ether oxygens (including phenoxy) is 2. The number of carbonyl (C=O) groups is 1. The molecule has 0 spiro atoms. The van der Waals surface area contributed by atoms with E-state index in [1.807, 2.05) is 19.1 Å². The van der Waals surface area contributed by atoms with Crippen molar-refractivity contribution in [2.75, 3.05) is 14.2 Å². The van der Waals surface area contributed by atoms with Crippen LogP contribution < -0.4 is 9.47 Å². The van der Waals surface area contributed by atoms with Crippen molar-refractivity contribution in [2.45, 2.75) is 19.3 Å². The number of carbonyl (C=O) groups excluding carboxylic acids is 1. The zero-order valence-electron chi connectivity index (χ0n) is 9.62. The van der Waals surface area contributed by atoms with E-state index >= 15 is 0 Å². The maximum atomic E-state index is 10.6. The molecule has 0 heterocycles. The Hall–Kier alpha value is -1.03. The monoisotopic (exact) mass is 286 g/mol. The molecule has 1 aromatic carbocycles. The lowest BCUT2D eigenvalue weighted by molar-refractivity contribution is -0.108. The molecule has 0 aromatic heterocycles. The lowest BCUT2D eigenvalue weighted by atomic mass is 9.97. The van der Waals surface area contributed by atoms with Crippen LogP contribution in [0.5, 0.6) is 11.5 Å². The first-order valence-electron chi connectivity index (χ1n) is 4.99. The SMILES string of the molecule is COc1ccc(OC)c(C(C)CC=O)c1Br. The van der Waals surface area contributed by atoms with Crippen molar-refractivity contribution < 1.29 is 14.3 Å². The highest BCUT2D eigenvalue weighted by Crippen LogP contribution is 2.40. The Morgan fingerprint density at radius 2 is 1.88 bits per heavy atom. The van der Waals surface area contributed by atoms with E-state index in [-0.39, 0.29) is 5.92 Å². The van der Waals surface area contributed by atoms with Gasteiger partial charge in [0.2, 0.25) is 0 Å². The number of hydrogen-bond donors (Lipinski definition) is 0. The second kappa shape index (κ2) is 5.89. The van der Waals surface area contributed by atoms with E-state index in [2.05, 4.69) is 15.9 Å². The quantitative estimate of drug-likeness (QED) is 0.780. The summed E-state index contributed by atoms with van der Waals surface area (Å²) in [6.45, 7) is 1.98. The van der Waals surface area contributed by atoms with Crippen LogP contribution in [-0.2, 0) is 4.79 Å².